The number of halogens is 3. The van der Waals surface area contributed by atoms with Crippen molar-refractivity contribution in [3.05, 3.63) is 111 Å². The first-order chi connectivity index (χ1) is 18.2. The summed E-state index contributed by atoms with van der Waals surface area (Å²) in [7, 11) is 3.00. The van der Waals surface area contributed by atoms with E-state index in [2.05, 4.69) is 4.99 Å². The number of ether oxygens (including phenoxy) is 2. The van der Waals surface area contributed by atoms with Gasteiger partial charge in [0.05, 0.1) is 46.6 Å². The van der Waals surface area contributed by atoms with Crippen molar-refractivity contribution in [1.82, 2.24) is 4.57 Å². The number of hydrogen-bond acceptors (Lipinski definition) is 8. The fourth-order valence-electron chi connectivity index (χ4n) is 3.97. The SMILES string of the molecule is COc1ccc(C2C=C(c3cc(F)c(Cl)cc3Cl)N=c3s/c(=C\c4ccc([N+](=O)[O-])o4)c(=O)n32)cc1OC. The lowest BCUT2D eigenvalue weighted by atomic mass is 10.0. The number of nitrogens with zero attached hydrogens (tertiary/aromatic N) is 3. The van der Waals surface area contributed by atoms with Gasteiger partial charge >= 0.3 is 5.88 Å². The third-order valence-corrected chi connectivity index (χ3v) is 7.33. The molecule has 1 unspecified atom stereocenters. The molecule has 5 rings (SSSR count). The molecule has 0 spiro atoms. The van der Waals surface area contributed by atoms with Crippen molar-refractivity contribution in [2.24, 2.45) is 4.99 Å². The van der Waals surface area contributed by atoms with Crippen molar-refractivity contribution in [2.45, 2.75) is 6.04 Å². The third-order valence-electron chi connectivity index (χ3n) is 5.75. The highest BCUT2D eigenvalue weighted by Crippen LogP contribution is 2.36. The molecule has 1 aliphatic heterocycles. The molecule has 38 heavy (non-hydrogen) atoms. The topological polar surface area (TPSA) is 109 Å². The summed E-state index contributed by atoms with van der Waals surface area (Å²) in [6.07, 6.45) is 3.08. The van der Waals surface area contributed by atoms with Gasteiger partial charge in [-0.3, -0.25) is 19.5 Å². The van der Waals surface area contributed by atoms with Crippen LogP contribution < -0.4 is 24.4 Å². The molecule has 9 nitrogen and oxygen atoms in total. The van der Waals surface area contributed by atoms with Crippen molar-refractivity contribution in [3.63, 3.8) is 0 Å². The zero-order valence-electron chi connectivity index (χ0n) is 19.6. The molecule has 0 bridgehead atoms. The van der Waals surface area contributed by atoms with E-state index in [9.17, 15) is 19.3 Å². The number of rotatable bonds is 6. The second-order valence-electron chi connectivity index (χ2n) is 7.97. The van der Waals surface area contributed by atoms with E-state index in [1.165, 1.54) is 49.1 Å². The highest BCUT2D eigenvalue weighted by molar-refractivity contribution is 7.07. The van der Waals surface area contributed by atoms with Gasteiger partial charge in [-0.15, -0.1) is 0 Å². The highest BCUT2D eigenvalue weighted by Gasteiger charge is 2.25. The molecule has 3 heterocycles. The van der Waals surface area contributed by atoms with Crippen LogP contribution in [-0.2, 0) is 0 Å². The second-order valence-corrected chi connectivity index (χ2v) is 9.79. The second kappa shape index (κ2) is 10.1. The molecule has 0 aliphatic carbocycles. The largest absolute Gasteiger partial charge is 0.493 e. The Morgan fingerprint density at radius 2 is 1.89 bits per heavy atom. The number of methoxy groups -OCH3 is 2. The zero-order valence-corrected chi connectivity index (χ0v) is 21.9. The Morgan fingerprint density at radius 3 is 2.58 bits per heavy atom. The van der Waals surface area contributed by atoms with Gasteiger partial charge in [0, 0.05) is 11.6 Å². The number of aromatic nitrogens is 1. The van der Waals surface area contributed by atoms with Crippen molar-refractivity contribution in [3.8, 4) is 11.5 Å². The molecular weight excluding hydrogens is 560 g/mol. The Hall–Kier alpha value is -3.93. The Morgan fingerprint density at radius 1 is 1.13 bits per heavy atom. The maximum absolute atomic E-state index is 14.4. The monoisotopic (exact) mass is 575 g/mol. The van der Waals surface area contributed by atoms with Gasteiger partial charge in [0.25, 0.3) is 5.56 Å². The lowest BCUT2D eigenvalue weighted by Gasteiger charge is -2.21. The molecule has 0 saturated heterocycles. The minimum absolute atomic E-state index is 0.131. The van der Waals surface area contributed by atoms with Crippen LogP contribution in [0.1, 0.15) is 22.9 Å². The first kappa shape index (κ1) is 25.7. The van der Waals surface area contributed by atoms with Gasteiger partial charge < -0.3 is 13.9 Å². The molecule has 0 N–H and O–H groups in total. The maximum atomic E-state index is 14.4. The number of hydrogen-bond donors (Lipinski definition) is 0. The van der Waals surface area contributed by atoms with Gasteiger partial charge in [-0.1, -0.05) is 40.6 Å². The Bertz CT molecular complexity index is 1810. The van der Waals surface area contributed by atoms with Crippen LogP contribution in [0.2, 0.25) is 10.0 Å². The first-order valence-electron chi connectivity index (χ1n) is 10.8. The van der Waals surface area contributed by atoms with Gasteiger partial charge in [0.15, 0.2) is 16.3 Å². The summed E-state index contributed by atoms with van der Waals surface area (Å²) in [4.78, 5) is 28.7. The smallest absolute Gasteiger partial charge is 0.433 e. The molecule has 2 aromatic carbocycles. The van der Waals surface area contributed by atoms with Crippen LogP contribution >= 0.6 is 34.5 Å². The van der Waals surface area contributed by atoms with Gasteiger partial charge in [0.2, 0.25) is 0 Å². The molecule has 194 valence electrons. The lowest BCUT2D eigenvalue weighted by Crippen LogP contribution is -2.36. The van der Waals surface area contributed by atoms with E-state index < -0.39 is 28.2 Å². The molecule has 1 aliphatic rings. The number of allylic oxidation sites excluding steroid dienone is 1. The molecule has 2 aromatic heterocycles. The fourth-order valence-corrected chi connectivity index (χ4v) is 5.45. The fraction of sp³-hybridized carbons (Fsp3) is 0.120. The van der Waals surface area contributed by atoms with Gasteiger partial charge in [-0.2, -0.15) is 0 Å². The van der Waals surface area contributed by atoms with Crippen LogP contribution in [0.25, 0.3) is 11.8 Å². The maximum Gasteiger partial charge on any atom is 0.433 e. The number of furan rings is 1. The molecular formula is C25H16Cl2FN3O6S. The molecule has 0 saturated carbocycles. The predicted octanol–water partition coefficient (Wildman–Crippen LogP) is 4.97. The Balaban J connectivity index is 1.74. The van der Waals surface area contributed by atoms with E-state index in [4.69, 9.17) is 37.1 Å². The van der Waals surface area contributed by atoms with E-state index >= 15 is 0 Å². The van der Waals surface area contributed by atoms with Crippen molar-refractivity contribution in [1.29, 1.82) is 0 Å². The quantitative estimate of drug-likeness (QED) is 0.182. The van der Waals surface area contributed by atoms with E-state index in [1.54, 1.807) is 24.3 Å². The Labute approximate surface area is 227 Å². The van der Waals surface area contributed by atoms with Crippen LogP contribution in [0.4, 0.5) is 10.3 Å². The van der Waals surface area contributed by atoms with Crippen LogP contribution in [0, 0.1) is 15.9 Å². The van der Waals surface area contributed by atoms with Crippen LogP contribution in [-0.4, -0.2) is 23.7 Å². The minimum Gasteiger partial charge on any atom is -0.493 e. The summed E-state index contributed by atoms with van der Waals surface area (Å²) in [6, 6.07) is 9.56. The molecule has 4 aromatic rings. The zero-order chi connectivity index (χ0) is 27.1. The van der Waals surface area contributed by atoms with E-state index in [0.29, 0.717) is 33.1 Å². The van der Waals surface area contributed by atoms with Gasteiger partial charge in [-0.05, 0) is 42.0 Å². The number of fused-ring (bicyclic) bond motifs is 1. The summed E-state index contributed by atoms with van der Waals surface area (Å²) in [5.74, 6) is -0.0550. The molecule has 0 radical (unpaired) electrons. The summed E-state index contributed by atoms with van der Waals surface area (Å²) in [5, 5.41) is 11.0. The standard InChI is InChI=1S/C25H16Cl2FN3O6S/c1-35-20-5-3-12(7-21(20)36-2)19-11-18(14-9-17(28)16(27)10-15(14)26)29-25-30(19)24(32)22(38-25)8-13-4-6-23(37-13)31(33)34/h3-11,19H,1-2H3/b22-8-. The van der Waals surface area contributed by atoms with Gasteiger partial charge in [0.1, 0.15) is 16.5 Å². The summed E-state index contributed by atoms with van der Waals surface area (Å²) in [6.45, 7) is 0. The van der Waals surface area contributed by atoms with E-state index in [0.717, 1.165) is 11.3 Å². The van der Waals surface area contributed by atoms with Gasteiger partial charge in [-0.25, -0.2) is 9.38 Å². The predicted molar refractivity (Wildman–Crippen MR) is 140 cm³/mol. The molecule has 1 atom stereocenters. The van der Waals surface area contributed by atoms with Crippen molar-refractivity contribution < 1.29 is 23.2 Å². The van der Waals surface area contributed by atoms with Crippen LogP contribution in [0.15, 0.2) is 62.7 Å². The number of thiazole rings is 1. The van der Waals surface area contributed by atoms with Crippen molar-refractivity contribution >= 4 is 52.2 Å². The normalized spacial score (nSPS) is 15.0. The average molecular weight is 576 g/mol. The lowest BCUT2D eigenvalue weighted by molar-refractivity contribution is -0.402. The summed E-state index contributed by atoms with van der Waals surface area (Å²) < 4.78 is 32.0. The third kappa shape index (κ3) is 4.60. The molecule has 0 fully saturated rings. The van der Waals surface area contributed by atoms with Crippen molar-refractivity contribution in [2.75, 3.05) is 14.2 Å². The van der Waals surface area contributed by atoms with E-state index in [1.807, 2.05) is 0 Å². The summed E-state index contributed by atoms with van der Waals surface area (Å²) >= 11 is 13.3. The summed E-state index contributed by atoms with van der Waals surface area (Å²) in [5.41, 5.74) is 0.864. The average Bonchev–Trinajstić information content (AvgIpc) is 3.50. The van der Waals surface area contributed by atoms with E-state index in [-0.39, 0.29) is 20.3 Å². The number of benzene rings is 2. The molecule has 0 amide bonds. The highest BCUT2D eigenvalue weighted by atomic mass is 35.5. The first-order valence-corrected chi connectivity index (χ1v) is 12.4. The minimum atomic E-state index is -0.691. The Kier molecular flexibility index (Phi) is 6.82. The number of nitro groups is 1. The van der Waals surface area contributed by atoms with Crippen LogP contribution in [0.5, 0.6) is 11.5 Å². The van der Waals surface area contributed by atoms with Crippen LogP contribution in [0.3, 0.4) is 0 Å². The molecule has 13 heteroatoms.